The summed E-state index contributed by atoms with van der Waals surface area (Å²) >= 11 is 0. The molecule has 2 aromatic carbocycles. The van der Waals surface area contributed by atoms with Crippen LogP contribution in [0.3, 0.4) is 0 Å². The fraction of sp³-hybridized carbons (Fsp3) is 0.190. The van der Waals surface area contributed by atoms with Crippen LogP contribution in [0.5, 0.6) is 0 Å². The molecule has 0 spiro atoms. The van der Waals surface area contributed by atoms with E-state index < -0.39 is 17.4 Å². The van der Waals surface area contributed by atoms with Crippen molar-refractivity contribution in [3.05, 3.63) is 72.4 Å². The summed E-state index contributed by atoms with van der Waals surface area (Å²) in [6.07, 6.45) is 1.94. The quantitative estimate of drug-likeness (QED) is 0.713. The van der Waals surface area contributed by atoms with E-state index in [1.165, 1.54) is 0 Å². The third-order valence-electron chi connectivity index (χ3n) is 4.85. The SMILES string of the molecule is O=C(NC1(C(=O)O)CCOC1)c1cccc(-n2nccc2-c2ccccc2)c1. The van der Waals surface area contributed by atoms with Gasteiger partial charge in [-0.2, -0.15) is 5.10 Å². The third-order valence-corrected chi connectivity index (χ3v) is 4.85. The summed E-state index contributed by atoms with van der Waals surface area (Å²) in [6, 6.07) is 18.7. The summed E-state index contributed by atoms with van der Waals surface area (Å²) in [5.41, 5.74) is 1.59. The Morgan fingerprint density at radius 2 is 1.93 bits per heavy atom. The lowest BCUT2D eigenvalue weighted by Crippen LogP contribution is -2.55. The molecule has 0 aliphatic carbocycles. The van der Waals surface area contributed by atoms with Crippen LogP contribution in [0.25, 0.3) is 16.9 Å². The van der Waals surface area contributed by atoms with Gasteiger partial charge in [-0.1, -0.05) is 36.4 Å². The predicted molar refractivity (Wildman–Crippen MR) is 102 cm³/mol. The van der Waals surface area contributed by atoms with Crippen molar-refractivity contribution >= 4 is 11.9 Å². The average molecular weight is 377 g/mol. The van der Waals surface area contributed by atoms with Crippen LogP contribution in [0.2, 0.25) is 0 Å². The average Bonchev–Trinajstić information content (AvgIpc) is 3.39. The molecule has 3 aromatic rings. The molecule has 1 aliphatic heterocycles. The Morgan fingerprint density at radius 3 is 2.64 bits per heavy atom. The van der Waals surface area contributed by atoms with Gasteiger partial charge in [0.15, 0.2) is 5.54 Å². The smallest absolute Gasteiger partial charge is 0.331 e. The zero-order valence-corrected chi connectivity index (χ0v) is 15.0. The number of carboxylic acids is 1. The van der Waals surface area contributed by atoms with E-state index in [2.05, 4.69) is 10.4 Å². The second-order valence-corrected chi connectivity index (χ2v) is 6.69. The number of carbonyl (C=O) groups is 2. The summed E-state index contributed by atoms with van der Waals surface area (Å²) in [5.74, 6) is -1.55. The molecule has 7 nitrogen and oxygen atoms in total. The Morgan fingerprint density at radius 1 is 1.11 bits per heavy atom. The van der Waals surface area contributed by atoms with Crippen molar-refractivity contribution in [3.63, 3.8) is 0 Å². The molecule has 28 heavy (non-hydrogen) atoms. The Kier molecular flexibility index (Phi) is 4.67. The van der Waals surface area contributed by atoms with E-state index in [9.17, 15) is 14.7 Å². The van der Waals surface area contributed by atoms with Gasteiger partial charge in [0.2, 0.25) is 0 Å². The lowest BCUT2D eigenvalue weighted by Gasteiger charge is -2.23. The number of amides is 1. The topological polar surface area (TPSA) is 93.5 Å². The van der Waals surface area contributed by atoms with Crippen LogP contribution in [0.15, 0.2) is 66.9 Å². The van der Waals surface area contributed by atoms with E-state index in [1.54, 1.807) is 29.1 Å². The monoisotopic (exact) mass is 377 g/mol. The maximum absolute atomic E-state index is 12.7. The lowest BCUT2D eigenvalue weighted by atomic mass is 9.98. The molecule has 1 unspecified atom stereocenters. The molecule has 0 bridgehead atoms. The summed E-state index contributed by atoms with van der Waals surface area (Å²) in [4.78, 5) is 24.4. The highest BCUT2D eigenvalue weighted by Crippen LogP contribution is 2.23. The molecule has 1 fully saturated rings. The fourth-order valence-corrected chi connectivity index (χ4v) is 3.29. The highest BCUT2D eigenvalue weighted by molar-refractivity contribution is 5.98. The van der Waals surface area contributed by atoms with Gasteiger partial charge in [0.05, 0.1) is 24.2 Å². The lowest BCUT2D eigenvalue weighted by molar-refractivity contribution is -0.144. The molecule has 142 valence electrons. The Balaban J connectivity index is 1.64. The predicted octanol–water partition coefficient (Wildman–Crippen LogP) is 2.51. The van der Waals surface area contributed by atoms with Gasteiger partial charge in [-0.05, 0) is 24.3 Å². The van der Waals surface area contributed by atoms with Gasteiger partial charge in [0, 0.05) is 24.2 Å². The molecule has 1 amide bonds. The molecule has 1 aliphatic rings. The molecule has 2 N–H and O–H groups in total. The summed E-state index contributed by atoms with van der Waals surface area (Å²) < 4.78 is 6.94. The maximum Gasteiger partial charge on any atom is 0.331 e. The first kappa shape index (κ1) is 17.9. The number of nitrogens with one attached hydrogen (secondary N) is 1. The number of benzene rings is 2. The summed E-state index contributed by atoms with van der Waals surface area (Å²) in [6.45, 7) is 0.269. The third kappa shape index (κ3) is 3.27. The number of carbonyl (C=O) groups excluding carboxylic acids is 1. The Hall–Kier alpha value is -3.45. The van der Waals surface area contributed by atoms with Crippen molar-refractivity contribution in [1.82, 2.24) is 15.1 Å². The van der Waals surface area contributed by atoms with Crippen LogP contribution in [0, 0.1) is 0 Å². The normalized spacial score (nSPS) is 18.7. The highest BCUT2D eigenvalue weighted by Gasteiger charge is 2.44. The number of hydrogen-bond donors (Lipinski definition) is 2. The number of hydrogen-bond acceptors (Lipinski definition) is 4. The van der Waals surface area contributed by atoms with Crippen molar-refractivity contribution in [2.75, 3.05) is 13.2 Å². The number of aliphatic carboxylic acids is 1. The van der Waals surface area contributed by atoms with E-state index in [1.807, 2.05) is 42.5 Å². The minimum Gasteiger partial charge on any atom is -0.479 e. The molecular weight excluding hydrogens is 358 g/mol. The zero-order chi connectivity index (χ0) is 19.6. The van der Waals surface area contributed by atoms with Crippen LogP contribution in [-0.2, 0) is 9.53 Å². The minimum atomic E-state index is -1.38. The van der Waals surface area contributed by atoms with Gasteiger partial charge in [-0.3, -0.25) is 4.79 Å². The van der Waals surface area contributed by atoms with Crippen LogP contribution < -0.4 is 5.32 Å². The number of carboxylic acid groups (broad SMARTS) is 1. The Labute approximate surface area is 161 Å². The van der Waals surface area contributed by atoms with E-state index in [0.717, 1.165) is 11.3 Å². The van der Waals surface area contributed by atoms with Gasteiger partial charge in [-0.15, -0.1) is 0 Å². The standard InChI is InChI=1S/C21H19N3O4/c25-19(23-21(20(26)27)10-12-28-14-21)16-7-4-8-17(13-16)24-18(9-11-22-24)15-5-2-1-3-6-15/h1-9,11,13H,10,12,14H2,(H,23,25)(H,26,27). The van der Waals surface area contributed by atoms with Crippen molar-refractivity contribution in [2.24, 2.45) is 0 Å². The highest BCUT2D eigenvalue weighted by atomic mass is 16.5. The molecule has 4 rings (SSSR count). The Bertz CT molecular complexity index is 1010. The van der Waals surface area contributed by atoms with Crippen molar-refractivity contribution in [2.45, 2.75) is 12.0 Å². The van der Waals surface area contributed by atoms with Gasteiger partial charge in [0.25, 0.3) is 5.91 Å². The number of rotatable bonds is 5. The van der Waals surface area contributed by atoms with Gasteiger partial charge >= 0.3 is 5.97 Å². The fourth-order valence-electron chi connectivity index (χ4n) is 3.29. The second kappa shape index (κ2) is 7.28. The van der Waals surface area contributed by atoms with E-state index >= 15 is 0 Å². The number of nitrogens with zero attached hydrogens (tertiary/aromatic N) is 2. The molecule has 0 saturated carbocycles. The van der Waals surface area contributed by atoms with E-state index in [4.69, 9.17) is 4.74 Å². The van der Waals surface area contributed by atoms with Crippen LogP contribution >= 0.6 is 0 Å². The molecule has 1 atom stereocenters. The second-order valence-electron chi connectivity index (χ2n) is 6.69. The zero-order valence-electron chi connectivity index (χ0n) is 15.0. The largest absolute Gasteiger partial charge is 0.479 e. The first-order chi connectivity index (χ1) is 13.6. The molecular formula is C21H19N3O4. The van der Waals surface area contributed by atoms with Gasteiger partial charge in [0.1, 0.15) is 0 Å². The minimum absolute atomic E-state index is 0.0366. The summed E-state index contributed by atoms with van der Waals surface area (Å²) in [7, 11) is 0. The molecule has 1 aromatic heterocycles. The van der Waals surface area contributed by atoms with Gasteiger partial charge in [-0.25, -0.2) is 9.48 Å². The van der Waals surface area contributed by atoms with Crippen LogP contribution in [0.1, 0.15) is 16.8 Å². The first-order valence-corrected chi connectivity index (χ1v) is 8.93. The van der Waals surface area contributed by atoms with E-state index in [-0.39, 0.29) is 13.0 Å². The molecule has 7 heteroatoms. The first-order valence-electron chi connectivity index (χ1n) is 8.93. The van der Waals surface area contributed by atoms with E-state index in [0.29, 0.717) is 17.9 Å². The van der Waals surface area contributed by atoms with Crippen LogP contribution in [0.4, 0.5) is 0 Å². The van der Waals surface area contributed by atoms with Crippen LogP contribution in [-0.4, -0.2) is 45.5 Å². The summed E-state index contributed by atoms with van der Waals surface area (Å²) in [5, 5.41) is 16.5. The molecule has 1 saturated heterocycles. The van der Waals surface area contributed by atoms with Crippen molar-refractivity contribution in [1.29, 1.82) is 0 Å². The molecule has 0 radical (unpaired) electrons. The van der Waals surface area contributed by atoms with Crippen molar-refractivity contribution in [3.8, 4) is 16.9 Å². The maximum atomic E-state index is 12.7. The molecule has 2 heterocycles. The van der Waals surface area contributed by atoms with Crippen molar-refractivity contribution < 1.29 is 19.4 Å². The number of aromatic nitrogens is 2. The number of ether oxygens (including phenoxy) is 1. The van der Waals surface area contributed by atoms with Gasteiger partial charge < -0.3 is 15.2 Å².